The molecule has 3 N–H and O–H groups in total. The van der Waals surface area contributed by atoms with Crippen molar-refractivity contribution in [3.05, 3.63) is 77.7 Å². The summed E-state index contributed by atoms with van der Waals surface area (Å²) in [5, 5.41) is 8.30. The van der Waals surface area contributed by atoms with Crippen molar-refractivity contribution < 1.29 is 22.8 Å². The first-order valence-electron chi connectivity index (χ1n) is 12.7. The highest BCUT2D eigenvalue weighted by Gasteiger charge is 2.33. The number of hydrogen-bond donors (Lipinski definition) is 3. The SMILES string of the molecule is O=C(Nc1ccc(-c2cn(C(=O)NCCN3CCCC3)c3ccncc23)cc1)Nc1ccc(Cl)c(C(F)(F)F)c1. The molecule has 5 rings (SSSR count). The van der Waals surface area contributed by atoms with Crippen molar-refractivity contribution in [2.45, 2.75) is 19.0 Å². The van der Waals surface area contributed by atoms with Gasteiger partial charge in [-0.1, -0.05) is 23.7 Å². The number of benzene rings is 2. The van der Waals surface area contributed by atoms with Crippen molar-refractivity contribution in [1.29, 1.82) is 0 Å². The number of amides is 3. The summed E-state index contributed by atoms with van der Waals surface area (Å²) in [6.45, 7) is 3.48. The molecule has 0 aliphatic carbocycles. The Morgan fingerprint density at radius 3 is 2.40 bits per heavy atom. The van der Waals surface area contributed by atoms with Crippen molar-refractivity contribution in [2.75, 3.05) is 36.8 Å². The molecule has 1 fully saturated rings. The lowest BCUT2D eigenvalue weighted by Gasteiger charge is -2.15. The number of anilines is 2. The third-order valence-electron chi connectivity index (χ3n) is 6.71. The number of halogens is 4. The van der Waals surface area contributed by atoms with Gasteiger partial charge in [-0.3, -0.25) is 9.55 Å². The van der Waals surface area contributed by atoms with Crippen LogP contribution in [0.1, 0.15) is 18.4 Å². The van der Waals surface area contributed by atoms with Crippen LogP contribution in [0, 0.1) is 0 Å². The first-order valence-corrected chi connectivity index (χ1v) is 13.1. The fraction of sp³-hybridized carbons (Fsp3) is 0.250. The Labute approximate surface area is 233 Å². The van der Waals surface area contributed by atoms with E-state index in [1.54, 1.807) is 53.5 Å². The van der Waals surface area contributed by atoms with Crippen LogP contribution in [-0.2, 0) is 6.18 Å². The predicted octanol–water partition coefficient (Wildman–Crippen LogP) is 6.67. The van der Waals surface area contributed by atoms with Crippen LogP contribution in [-0.4, -0.2) is 52.7 Å². The van der Waals surface area contributed by atoms with Crippen LogP contribution in [0.4, 0.5) is 34.1 Å². The highest BCUT2D eigenvalue weighted by atomic mass is 35.5. The number of fused-ring (bicyclic) bond motifs is 1. The lowest BCUT2D eigenvalue weighted by atomic mass is 10.1. The van der Waals surface area contributed by atoms with Gasteiger partial charge in [-0.2, -0.15) is 13.2 Å². The first-order chi connectivity index (χ1) is 19.2. The maximum atomic E-state index is 13.1. The average molecular weight is 571 g/mol. The quantitative estimate of drug-likeness (QED) is 0.241. The third kappa shape index (κ3) is 6.21. The number of pyridine rings is 1. The molecule has 40 heavy (non-hydrogen) atoms. The highest BCUT2D eigenvalue weighted by Crippen LogP contribution is 2.36. The van der Waals surface area contributed by atoms with Crippen LogP contribution in [0.5, 0.6) is 0 Å². The van der Waals surface area contributed by atoms with E-state index < -0.39 is 22.8 Å². The Morgan fingerprint density at radius 1 is 0.975 bits per heavy atom. The van der Waals surface area contributed by atoms with E-state index in [1.807, 2.05) is 0 Å². The molecule has 3 heterocycles. The van der Waals surface area contributed by atoms with Gasteiger partial charge in [-0.05, 0) is 67.9 Å². The Hall–Kier alpha value is -4.09. The van der Waals surface area contributed by atoms with Gasteiger partial charge in [0.2, 0.25) is 0 Å². The first kappa shape index (κ1) is 27.5. The number of nitrogens with zero attached hydrogens (tertiary/aromatic N) is 3. The lowest BCUT2D eigenvalue weighted by molar-refractivity contribution is -0.137. The Bertz CT molecular complexity index is 1530. The van der Waals surface area contributed by atoms with Gasteiger partial charge in [0.25, 0.3) is 0 Å². The molecule has 0 bridgehead atoms. The van der Waals surface area contributed by atoms with Crippen LogP contribution in [0.25, 0.3) is 22.0 Å². The number of aromatic nitrogens is 2. The summed E-state index contributed by atoms with van der Waals surface area (Å²) in [6.07, 6.45) is 2.82. The molecule has 12 heteroatoms. The van der Waals surface area contributed by atoms with Gasteiger partial charge >= 0.3 is 18.2 Å². The van der Waals surface area contributed by atoms with Crippen molar-refractivity contribution in [2.24, 2.45) is 0 Å². The number of hydrogen-bond acceptors (Lipinski definition) is 4. The zero-order valence-corrected chi connectivity index (χ0v) is 22.0. The van der Waals surface area contributed by atoms with E-state index in [-0.39, 0.29) is 11.7 Å². The fourth-order valence-electron chi connectivity index (χ4n) is 4.73. The Balaban J connectivity index is 1.27. The molecular formula is C28H26ClF3N6O2. The van der Waals surface area contributed by atoms with Crippen molar-refractivity contribution >= 4 is 45.9 Å². The largest absolute Gasteiger partial charge is 0.417 e. The van der Waals surface area contributed by atoms with Crippen molar-refractivity contribution in [3.8, 4) is 11.1 Å². The van der Waals surface area contributed by atoms with Gasteiger partial charge in [0.05, 0.1) is 16.1 Å². The molecule has 0 spiro atoms. The zero-order valence-electron chi connectivity index (χ0n) is 21.3. The zero-order chi connectivity index (χ0) is 28.3. The molecule has 0 radical (unpaired) electrons. The van der Waals surface area contributed by atoms with Gasteiger partial charge in [0.15, 0.2) is 0 Å². The summed E-state index contributed by atoms with van der Waals surface area (Å²) in [4.78, 5) is 31.9. The normalized spacial score (nSPS) is 13.9. The summed E-state index contributed by atoms with van der Waals surface area (Å²) in [6, 6.07) is 10.8. The molecule has 1 saturated heterocycles. The number of carbonyl (C=O) groups is 2. The van der Waals surface area contributed by atoms with Crippen molar-refractivity contribution in [1.82, 2.24) is 19.8 Å². The summed E-state index contributed by atoms with van der Waals surface area (Å²) < 4.78 is 40.9. The second kappa shape index (κ2) is 11.6. The van der Waals surface area contributed by atoms with Gasteiger partial charge in [-0.15, -0.1) is 0 Å². The van der Waals surface area contributed by atoms with Gasteiger partial charge < -0.3 is 20.9 Å². The number of carbonyl (C=O) groups excluding carboxylic acids is 2. The number of likely N-dealkylation sites (tertiary alicyclic amines) is 1. The number of rotatable bonds is 6. The minimum absolute atomic E-state index is 0.0511. The second-order valence-corrected chi connectivity index (χ2v) is 9.84. The van der Waals surface area contributed by atoms with Crippen LogP contribution in [0.2, 0.25) is 5.02 Å². The van der Waals surface area contributed by atoms with E-state index in [0.29, 0.717) is 17.7 Å². The molecule has 0 saturated carbocycles. The molecule has 8 nitrogen and oxygen atoms in total. The van der Waals surface area contributed by atoms with Gasteiger partial charge in [0, 0.05) is 54.0 Å². The molecule has 0 atom stereocenters. The maximum absolute atomic E-state index is 13.1. The number of alkyl halides is 3. The molecule has 2 aromatic carbocycles. The molecule has 2 aromatic heterocycles. The third-order valence-corrected chi connectivity index (χ3v) is 7.04. The molecule has 1 aliphatic rings. The molecule has 0 unspecified atom stereocenters. The Morgan fingerprint density at radius 2 is 1.68 bits per heavy atom. The molecule has 1 aliphatic heterocycles. The predicted molar refractivity (Wildman–Crippen MR) is 149 cm³/mol. The summed E-state index contributed by atoms with van der Waals surface area (Å²) >= 11 is 5.64. The van der Waals surface area contributed by atoms with E-state index in [0.717, 1.165) is 48.3 Å². The lowest BCUT2D eigenvalue weighted by Crippen LogP contribution is -2.35. The van der Waals surface area contributed by atoms with E-state index in [2.05, 4.69) is 25.8 Å². The highest BCUT2D eigenvalue weighted by molar-refractivity contribution is 6.31. The van der Waals surface area contributed by atoms with E-state index in [9.17, 15) is 22.8 Å². The summed E-state index contributed by atoms with van der Waals surface area (Å²) in [7, 11) is 0. The van der Waals surface area contributed by atoms with E-state index in [4.69, 9.17) is 11.6 Å². The van der Waals surface area contributed by atoms with Crippen LogP contribution in [0.3, 0.4) is 0 Å². The second-order valence-electron chi connectivity index (χ2n) is 9.44. The topological polar surface area (TPSA) is 91.3 Å². The van der Waals surface area contributed by atoms with E-state index >= 15 is 0 Å². The fourth-order valence-corrected chi connectivity index (χ4v) is 4.95. The van der Waals surface area contributed by atoms with Crippen LogP contribution >= 0.6 is 11.6 Å². The van der Waals surface area contributed by atoms with Crippen LogP contribution in [0.15, 0.2) is 67.1 Å². The van der Waals surface area contributed by atoms with Crippen LogP contribution < -0.4 is 16.0 Å². The minimum Gasteiger partial charge on any atom is -0.336 e. The summed E-state index contributed by atoms with van der Waals surface area (Å²) in [5.41, 5.74) is 1.63. The Kier molecular flexibility index (Phi) is 7.95. The van der Waals surface area contributed by atoms with Crippen molar-refractivity contribution in [3.63, 3.8) is 0 Å². The van der Waals surface area contributed by atoms with Gasteiger partial charge in [0.1, 0.15) is 0 Å². The van der Waals surface area contributed by atoms with E-state index in [1.165, 1.54) is 18.9 Å². The molecule has 4 aromatic rings. The summed E-state index contributed by atoms with van der Waals surface area (Å²) in [5.74, 6) is 0. The maximum Gasteiger partial charge on any atom is 0.417 e. The standard InChI is InChI=1S/C28H26ClF3N6O2/c29-24-8-7-20(15-23(24)28(30,31)32)36-26(39)35-19-5-3-18(4-6-19)22-17-38(25-9-10-33-16-21(22)25)27(40)34-11-14-37-12-1-2-13-37/h3-10,15-17H,1-2,11-14H2,(H,34,40)(H2,35,36,39). The number of nitrogens with one attached hydrogen (secondary N) is 3. The van der Waals surface area contributed by atoms with Gasteiger partial charge in [-0.25, -0.2) is 9.59 Å². The number of urea groups is 1. The molecule has 3 amide bonds. The monoisotopic (exact) mass is 570 g/mol. The minimum atomic E-state index is -4.64. The molecule has 208 valence electrons. The molecular weight excluding hydrogens is 545 g/mol. The average Bonchev–Trinajstić information content (AvgIpc) is 3.58. The smallest absolute Gasteiger partial charge is 0.336 e.